The molecule has 1 aliphatic rings. The lowest BCUT2D eigenvalue weighted by Crippen LogP contribution is -2.65. The Morgan fingerprint density at radius 3 is 2.65 bits per heavy atom. The molecule has 3 rings (SSSR count). The second kappa shape index (κ2) is 4.82. The first-order valence-electron chi connectivity index (χ1n) is 7.04. The Balaban J connectivity index is 2.19. The van der Waals surface area contributed by atoms with Crippen LogP contribution in [0, 0.1) is 13.8 Å². The topological polar surface area (TPSA) is 7.12 Å². The third-order valence-corrected chi connectivity index (χ3v) is 4.25. The summed E-state index contributed by atoms with van der Waals surface area (Å²) in [5, 5.41) is 0. The van der Waals surface area contributed by atoms with E-state index in [1.54, 1.807) is 0 Å². The molecule has 2 aromatic rings. The van der Waals surface area contributed by atoms with Crippen molar-refractivity contribution in [3.05, 3.63) is 59.4 Å². The molecule has 20 heavy (non-hydrogen) atoms. The molecule has 0 saturated carbocycles. The molecule has 2 heterocycles. The molecule has 0 aliphatic carbocycles. The minimum absolute atomic E-state index is 0.278. The Bertz CT molecular complexity index is 691. The number of rotatable bonds is 1. The van der Waals surface area contributed by atoms with Crippen LogP contribution in [0.3, 0.4) is 0 Å². The summed E-state index contributed by atoms with van der Waals surface area (Å²) in [4.78, 5) is 2.28. The van der Waals surface area contributed by atoms with Crippen LogP contribution < -0.4 is 15.6 Å². The molecule has 100 valence electrons. The number of fused-ring (bicyclic) bond motifs is 1. The summed E-state index contributed by atoms with van der Waals surface area (Å²) in [6.07, 6.45) is 6.58. The highest BCUT2D eigenvalue weighted by molar-refractivity contribution is 6.82. The van der Waals surface area contributed by atoms with E-state index in [0.29, 0.717) is 0 Å². The molecule has 0 fully saturated rings. The summed E-state index contributed by atoms with van der Waals surface area (Å²) >= 11 is 0. The van der Waals surface area contributed by atoms with Gasteiger partial charge in [-0.3, -0.25) is 0 Å². The van der Waals surface area contributed by atoms with E-state index in [2.05, 4.69) is 86.1 Å². The van der Waals surface area contributed by atoms with Crippen LogP contribution in [0.15, 0.2) is 42.7 Å². The van der Waals surface area contributed by atoms with Crippen LogP contribution in [0.2, 0.25) is 0 Å². The van der Waals surface area contributed by atoms with Crippen LogP contribution in [-0.2, 0) is 7.05 Å². The SMILES string of the molecule is Cc1cc(B2c3ccccc3C=CN2C)[n+](C)cc1C. The van der Waals surface area contributed by atoms with Crippen LogP contribution in [-0.4, -0.2) is 18.7 Å². The van der Waals surface area contributed by atoms with Gasteiger partial charge in [-0.1, -0.05) is 24.3 Å². The van der Waals surface area contributed by atoms with Gasteiger partial charge in [-0.05, 0) is 49.8 Å². The average Bonchev–Trinajstić information content (AvgIpc) is 2.43. The number of pyridine rings is 1. The lowest BCUT2D eigenvalue weighted by molar-refractivity contribution is -0.654. The first kappa shape index (κ1) is 13.0. The maximum Gasteiger partial charge on any atom is 0.403 e. The fourth-order valence-corrected chi connectivity index (χ4v) is 2.96. The van der Waals surface area contributed by atoms with Crippen molar-refractivity contribution in [3.8, 4) is 0 Å². The van der Waals surface area contributed by atoms with Crippen molar-refractivity contribution in [2.24, 2.45) is 7.05 Å². The standard InChI is InChI=1S/C17H20BN2/c1-13-11-17(19(3)12-14(13)2)18-16-8-6-5-7-15(16)9-10-20(18)4/h5-12H,1-4H3/q+1. The van der Waals surface area contributed by atoms with Crippen molar-refractivity contribution in [2.75, 3.05) is 7.05 Å². The molecule has 0 radical (unpaired) electrons. The lowest BCUT2D eigenvalue weighted by atomic mass is 9.49. The molecule has 1 aliphatic heterocycles. The third kappa shape index (κ3) is 2.03. The molecule has 0 N–H and O–H groups in total. The summed E-state index contributed by atoms with van der Waals surface area (Å²) in [5.74, 6) is 0. The van der Waals surface area contributed by atoms with Gasteiger partial charge >= 0.3 is 6.85 Å². The smallest absolute Gasteiger partial charge is 0.403 e. The monoisotopic (exact) mass is 263 g/mol. The highest BCUT2D eigenvalue weighted by Gasteiger charge is 2.35. The molecule has 0 saturated heterocycles. The summed E-state index contributed by atoms with van der Waals surface area (Å²) < 4.78 is 2.25. The van der Waals surface area contributed by atoms with Gasteiger partial charge in [0, 0.05) is 11.6 Å². The molecular weight excluding hydrogens is 243 g/mol. The van der Waals surface area contributed by atoms with Crippen LogP contribution in [0.5, 0.6) is 0 Å². The van der Waals surface area contributed by atoms with E-state index in [1.807, 2.05) is 0 Å². The first-order chi connectivity index (χ1) is 9.58. The minimum Gasteiger partial charge on any atom is -0.411 e. The summed E-state index contributed by atoms with van der Waals surface area (Å²) in [5.41, 5.74) is 6.69. The van der Waals surface area contributed by atoms with E-state index in [9.17, 15) is 0 Å². The molecule has 0 amide bonds. The molecular formula is C17H20BN2+. The highest BCUT2D eigenvalue weighted by Crippen LogP contribution is 2.10. The second-order valence-electron chi connectivity index (χ2n) is 5.69. The Labute approximate surface area is 121 Å². The Kier molecular flexibility index (Phi) is 3.13. The van der Waals surface area contributed by atoms with E-state index in [0.717, 1.165) is 0 Å². The molecule has 1 aromatic carbocycles. The third-order valence-electron chi connectivity index (χ3n) is 4.25. The fraction of sp³-hybridized carbons (Fsp3) is 0.235. The zero-order chi connectivity index (χ0) is 14.3. The van der Waals surface area contributed by atoms with Gasteiger partial charge < -0.3 is 4.81 Å². The molecule has 2 nitrogen and oxygen atoms in total. The van der Waals surface area contributed by atoms with Crippen molar-refractivity contribution in [2.45, 2.75) is 13.8 Å². The van der Waals surface area contributed by atoms with Crippen LogP contribution in [0.1, 0.15) is 16.7 Å². The minimum atomic E-state index is 0.278. The van der Waals surface area contributed by atoms with Gasteiger partial charge in [0.2, 0.25) is 0 Å². The van der Waals surface area contributed by atoms with Gasteiger partial charge in [0.15, 0.2) is 11.8 Å². The normalized spacial score (nSPS) is 13.6. The second-order valence-corrected chi connectivity index (χ2v) is 5.69. The van der Waals surface area contributed by atoms with E-state index in [-0.39, 0.29) is 6.85 Å². The predicted molar refractivity (Wildman–Crippen MR) is 85.4 cm³/mol. The van der Waals surface area contributed by atoms with Crippen molar-refractivity contribution in [1.29, 1.82) is 0 Å². The van der Waals surface area contributed by atoms with Crippen LogP contribution in [0.25, 0.3) is 6.08 Å². The number of aryl methyl sites for hydroxylation is 3. The van der Waals surface area contributed by atoms with Crippen molar-refractivity contribution >= 4 is 24.0 Å². The van der Waals surface area contributed by atoms with Crippen molar-refractivity contribution in [1.82, 2.24) is 4.81 Å². The summed E-state index contributed by atoms with van der Waals surface area (Å²) in [6, 6.07) is 11.0. The Morgan fingerprint density at radius 2 is 1.85 bits per heavy atom. The summed E-state index contributed by atoms with van der Waals surface area (Å²) in [7, 11) is 4.28. The van der Waals surface area contributed by atoms with Gasteiger partial charge in [-0.2, -0.15) is 0 Å². The Hall–Kier alpha value is -2.03. The number of hydrogen-bond acceptors (Lipinski definition) is 1. The first-order valence-corrected chi connectivity index (χ1v) is 7.04. The van der Waals surface area contributed by atoms with Gasteiger partial charge in [0.25, 0.3) is 0 Å². The summed E-state index contributed by atoms with van der Waals surface area (Å²) in [6.45, 7) is 4.63. The number of benzene rings is 1. The molecule has 0 spiro atoms. The zero-order valence-electron chi connectivity index (χ0n) is 12.6. The fourth-order valence-electron chi connectivity index (χ4n) is 2.96. The largest absolute Gasteiger partial charge is 0.411 e. The van der Waals surface area contributed by atoms with E-state index >= 15 is 0 Å². The zero-order valence-corrected chi connectivity index (χ0v) is 12.6. The van der Waals surface area contributed by atoms with Gasteiger partial charge in [0.05, 0.1) is 0 Å². The maximum absolute atomic E-state index is 2.31. The van der Waals surface area contributed by atoms with Gasteiger partial charge in [-0.25, -0.2) is 4.57 Å². The van der Waals surface area contributed by atoms with E-state index in [4.69, 9.17) is 0 Å². The van der Waals surface area contributed by atoms with E-state index in [1.165, 1.54) is 27.7 Å². The highest BCUT2D eigenvalue weighted by atomic mass is 15.0. The predicted octanol–water partition coefficient (Wildman–Crippen LogP) is 1.15. The van der Waals surface area contributed by atoms with E-state index < -0.39 is 0 Å². The van der Waals surface area contributed by atoms with Gasteiger partial charge in [0.1, 0.15) is 7.05 Å². The molecule has 3 heteroatoms. The number of hydrogen-bond donors (Lipinski definition) is 0. The lowest BCUT2D eigenvalue weighted by Gasteiger charge is -2.27. The van der Waals surface area contributed by atoms with Crippen molar-refractivity contribution in [3.63, 3.8) is 0 Å². The quantitative estimate of drug-likeness (QED) is 0.553. The Morgan fingerprint density at radius 1 is 1.10 bits per heavy atom. The van der Waals surface area contributed by atoms with Crippen LogP contribution in [0.4, 0.5) is 0 Å². The molecule has 0 unspecified atom stereocenters. The van der Waals surface area contributed by atoms with Gasteiger partial charge in [-0.15, -0.1) is 0 Å². The average molecular weight is 263 g/mol. The maximum atomic E-state index is 2.31. The molecule has 1 aromatic heterocycles. The number of aromatic nitrogens is 1. The number of nitrogens with zero attached hydrogens (tertiary/aromatic N) is 2. The van der Waals surface area contributed by atoms with Crippen LogP contribution >= 0.6 is 0 Å². The molecule has 0 bridgehead atoms. The van der Waals surface area contributed by atoms with Crippen molar-refractivity contribution < 1.29 is 4.57 Å². The molecule has 0 atom stereocenters.